The average molecular weight is 199 g/mol. The minimum absolute atomic E-state index is 0.628. The molecule has 0 spiro atoms. The third kappa shape index (κ3) is 3.25. The third-order valence-corrected chi connectivity index (χ3v) is 3.64. The molecule has 1 fully saturated rings. The normalized spacial score (nSPS) is 34.7. The summed E-state index contributed by atoms with van der Waals surface area (Å²) in [6, 6.07) is 0.740. The van der Waals surface area contributed by atoms with E-state index in [9.17, 15) is 0 Å². The molecule has 0 heterocycles. The van der Waals surface area contributed by atoms with E-state index < -0.39 is 0 Å². The summed E-state index contributed by atoms with van der Waals surface area (Å²) in [6.45, 7) is 8.93. The predicted molar refractivity (Wildman–Crippen MR) is 60.4 cm³/mol. The van der Waals surface area contributed by atoms with Gasteiger partial charge in [0.2, 0.25) is 0 Å². The van der Waals surface area contributed by atoms with E-state index in [1.807, 2.05) is 0 Å². The zero-order valence-electron chi connectivity index (χ0n) is 10.0. The van der Waals surface area contributed by atoms with Crippen molar-refractivity contribution in [1.29, 1.82) is 0 Å². The Morgan fingerprint density at radius 3 is 2.57 bits per heavy atom. The molecule has 1 aliphatic carbocycles. The molecule has 1 aliphatic rings. The quantitative estimate of drug-likeness (QED) is 0.733. The Balaban J connectivity index is 2.18. The SMILES string of the molecule is COCC(C)CNC1CCC(C)C1C. The summed E-state index contributed by atoms with van der Waals surface area (Å²) in [5, 5.41) is 3.67. The molecule has 1 saturated carbocycles. The van der Waals surface area contributed by atoms with Crippen molar-refractivity contribution in [2.24, 2.45) is 17.8 Å². The highest BCUT2D eigenvalue weighted by molar-refractivity contribution is 4.84. The summed E-state index contributed by atoms with van der Waals surface area (Å²) in [4.78, 5) is 0. The van der Waals surface area contributed by atoms with Crippen molar-refractivity contribution in [1.82, 2.24) is 5.32 Å². The fourth-order valence-electron chi connectivity index (χ4n) is 2.35. The topological polar surface area (TPSA) is 21.3 Å². The molecule has 0 saturated heterocycles. The molecule has 4 unspecified atom stereocenters. The lowest BCUT2D eigenvalue weighted by Crippen LogP contribution is -2.36. The van der Waals surface area contributed by atoms with Gasteiger partial charge in [0.1, 0.15) is 0 Å². The number of rotatable bonds is 5. The maximum absolute atomic E-state index is 5.13. The molecule has 84 valence electrons. The summed E-state index contributed by atoms with van der Waals surface area (Å²) >= 11 is 0. The van der Waals surface area contributed by atoms with Crippen molar-refractivity contribution in [3.63, 3.8) is 0 Å². The van der Waals surface area contributed by atoms with Crippen LogP contribution in [0.15, 0.2) is 0 Å². The molecule has 0 aromatic carbocycles. The Hall–Kier alpha value is -0.0800. The fraction of sp³-hybridized carbons (Fsp3) is 1.00. The van der Waals surface area contributed by atoms with Gasteiger partial charge in [0.15, 0.2) is 0 Å². The lowest BCUT2D eigenvalue weighted by atomic mass is 9.97. The van der Waals surface area contributed by atoms with Crippen LogP contribution in [0, 0.1) is 17.8 Å². The van der Waals surface area contributed by atoms with Crippen molar-refractivity contribution in [2.45, 2.75) is 39.7 Å². The second kappa shape index (κ2) is 5.72. The van der Waals surface area contributed by atoms with Gasteiger partial charge >= 0.3 is 0 Å². The molecular weight excluding hydrogens is 174 g/mol. The van der Waals surface area contributed by atoms with Crippen molar-refractivity contribution in [2.75, 3.05) is 20.3 Å². The minimum Gasteiger partial charge on any atom is -0.384 e. The highest BCUT2D eigenvalue weighted by atomic mass is 16.5. The van der Waals surface area contributed by atoms with Gasteiger partial charge in [-0.15, -0.1) is 0 Å². The third-order valence-electron chi connectivity index (χ3n) is 3.64. The second-order valence-corrected chi connectivity index (χ2v) is 4.99. The molecule has 2 heteroatoms. The van der Waals surface area contributed by atoms with Crippen molar-refractivity contribution in [3.8, 4) is 0 Å². The molecule has 0 radical (unpaired) electrons. The molecule has 14 heavy (non-hydrogen) atoms. The number of methoxy groups -OCH3 is 1. The van der Waals surface area contributed by atoms with Crippen LogP contribution < -0.4 is 5.32 Å². The first kappa shape index (κ1) is 12.0. The molecule has 1 rings (SSSR count). The van der Waals surface area contributed by atoms with Crippen LogP contribution in [0.4, 0.5) is 0 Å². The van der Waals surface area contributed by atoms with E-state index in [-0.39, 0.29) is 0 Å². The molecular formula is C12H25NO. The van der Waals surface area contributed by atoms with E-state index >= 15 is 0 Å². The van der Waals surface area contributed by atoms with Gasteiger partial charge in [-0.05, 0) is 30.6 Å². The number of nitrogens with one attached hydrogen (secondary N) is 1. The molecule has 0 aromatic rings. The Morgan fingerprint density at radius 1 is 1.36 bits per heavy atom. The highest BCUT2D eigenvalue weighted by Crippen LogP contribution is 2.30. The molecule has 0 aromatic heterocycles. The van der Waals surface area contributed by atoms with Gasteiger partial charge in [-0.25, -0.2) is 0 Å². The fourth-order valence-corrected chi connectivity index (χ4v) is 2.35. The van der Waals surface area contributed by atoms with Crippen LogP contribution >= 0.6 is 0 Å². The summed E-state index contributed by atoms with van der Waals surface area (Å²) < 4.78 is 5.13. The van der Waals surface area contributed by atoms with E-state index in [0.717, 1.165) is 31.0 Å². The lowest BCUT2D eigenvalue weighted by Gasteiger charge is -2.21. The Labute approximate surface area is 88.4 Å². The summed E-state index contributed by atoms with van der Waals surface area (Å²) in [6.07, 6.45) is 2.74. The monoisotopic (exact) mass is 199 g/mol. The number of hydrogen-bond donors (Lipinski definition) is 1. The average Bonchev–Trinajstić information content (AvgIpc) is 2.46. The van der Waals surface area contributed by atoms with Gasteiger partial charge in [-0.3, -0.25) is 0 Å². The van der Waals surface area contributed by atoms with Crippen LogP contribution in [0.3, 0.4) is 0 Å². The van der Waals surface area contributed by atoms with Crippen LogP contribution in [-0.4, -0.2) is 26.3 Å². The number of hydrogen-bond acceptors (Lipinski definition) is 2. The van der Waals surface area contributed by atoms with E-state index in [2.05, 4.69) is 26.1 Å². The highest BCUT2D eigenvalue weighted by Gasteiger charge is 2.29. The van der Waals surface area contributed by atoms with E-state index in [1.54, 1.807) is 7.11 Å². The Bertz CT molecular complexity index is 160. The van der Waals surface area contributed by atoms with Gasteiger partial charge in [0.25, 0.3) is 0 Å². The van der Waals surface area contributed by atoms with Crippen LogP contribution in [-0.2, 0) is 4.74 Å². The second-order valence-electron chi connectivity index (χ2n) is 4.99. The minimum atomic E-state index is 0.628. The van der Waals surface area contributed by atoms with Crippen LogP contribution in [0.1, 0.15) is 33.6 Å². The molecule has 0 aliphatic heterocycles. The maximum Gasteiger partial charge on any atom is 0.0499 e. The van der Waals surface area contributed by atoms with Gasteiger partial charge in [0, 0.05) is 26.3 Å². The zero-order chi connectivity index (χ0) is 10.6. The lowest BCUT2D eigenvalue weighted by molar-refractivity contribution is 0.155. The molecule has 2 nitrogen and oxygen atoms in total. The van der Waals surface area contributed by atoms with Crippen LogP contribution in [0.5, 0.6) is 0 Å². The summed E-state index contributed by atoms with van der Waals surface area (Å²) in [5.41, 5.74) is 0. The molecule has 0 amide bonds. The van der Waals surface area contributed by atoms with Gasteiger partial charge in [0.05, 0.1) is 0 Å². The van der Waals surface area contributed by atoms with Crippen molar-refractivity contribution in [3.05, 3.63) is 0 Å². The van der Waals surface area contributed by atoms with Crippen molar-refractivity contribution < 1.29 is 4.74 Å². The maximum atomic E-state index is 5.13. The largest absolute Gasteiger partial charge is 0.384 e. The van der Waals surface area contributed by atoms with E-state index in [4.69, 9.17) is 4.74 Å². The standard InChI is InChI=1S/C12H25NO/c1-9(8-14-4)7-13-12-6-5-10(2)11(12)3/h9-13H,5-8H2,1-4H3. The first-order chi connectivity index (χ1) is 6.65. The summed E-state index contributed by atoms with van der Waals surface area (Å²) in [5.74, 6) is 2.36. The van der Waals surface area contributed by atoms with Crippen LogP contribution in [0.25, 0.3) is 0 Å². The van der Waals surface area contributed by atoms with E-state index in [1.165, 1.54) is 12.8 Å². The van der Waals surface area contributed by atoms with Gasteiger partial charge in [-0.1, -0.05) is 20.8 Å². The first-order valence-electron chi connectivity index (χ1n) is 5.87. The van der Waals surface area contributed by atoms with E-state index in [0.29, 0.717) is 5.92 Å². The zero-order valence-corrected chi connectivity index (χ0v) is 10.0. The number of ether oxygens (including phenoxy) is 1. The summed E-state index contributed by atoms with van der Waals surface area (Å²) in [7, 11) is 1.77. The predicted octanol–water partition coefficient (Wildman–Crippen LogP) is 2.29. The van der Waals surface area contributed by atoms with Gasteiger partial charge in [-0.2, -0.15) is 0 Å². The molecule has 4 atom stereocenters. The van der Waals surface area contributed by atoms with Crippen molar-refractivity contribution >= 4 is 0 Å². The molecule has 0 bridgehead atoms. The Morgan fingerprint density at radius 2 is 2.07 bits per heavy atom. The van der Waals surface area contributed by atoms with Crippen LogP contribution in [0.2, 0.25) is 0 Å². The van der Waals surface area contributed by atoms with Gasteiger partial charge < -0.3 is 10.1 Å². The molecule has 1 N–H and O–H groups in total. The smallest absolute Gasteiger partial charge is 0.0499 e. The first-order valence-corrected chi connectivity index (χ1v) is 5.87. The Kier molecular flexibility index (Phi) is 4.90.